The standard InChI is InChI=1S/C21H22F2N2O3/c1-12-4-5-16(15(23)6-12)24-17-7-14(22)8-18-20(17)21(27)19(9-25(18)3)28-11-13(2)10-26/h4-9,13,24,26H,10-11H2,1-3H3/t13-/m1/s1. The molecule has 2 aromatic carbocycles. The Morgan fingerprint density at radius 2 is 1.96 bits per heavy atom. The summed E-state index contributed by atoms with van der Waals surface area (Å²) < 4.78 is 35.6. The van der Waals surface area contributed by atoms with Crippen molar-refractivity contribution in [1.29, 1.82) is 0 Å². The van der Waals surface area contributed by atoms with Crippen LogP contribution in [0.15, 0.2) is 41.3 Å². The normalized spacial score (nSPS) is 12.2. The number of nitrogens with one attached hydrogen (secondary N) is 1. The lowest BCUT2D eigenvalue weighted by molar-refractivity contribution is 0.173. The second-order valence-corrected chi connectivity index (χ2v) is 6.99. The summed E-state index contributed by atoms with van der Waals surface area (Å²) in [5.74, 6) is -1.12. The summed E-state index contributed by atoms with van der Waals surface area (Å²) in [6, 6.07) is 7.01. The van der Waals surface area contributed by atoms with Crippen molar-refractivity contribution in [3.63, 3.8) is 0 Å². The molecule has 0 amide bonds. The molecule has 0 fully saturated rings. The van der Waals surface area contributed by atoms with Gasteiger partial charge in [0, 0.05) is 19.6 Å². The number of hydrogen-bond acceptors (Lipinski definition) is 4. The summed E-state index contributed by atoms with van der Waals surface area (Å²) in [4.78, 5) is 13.0. The number of pyridine rings is 1. The quantitative estimate of drug-likeness (QED) is 0.673. The number of nitrogens with zero attached hydrogens (tertiary/aromatic N) is 1. The lowest BCUT2D eigenvalue weighted by atomic mass is 10.1. The molecular weight excluding hydrogens is 366 g/mol. The van der Waals surface area contributed by atoms with Gasteiger partial charge in [-0.15, -0.1) is 0 Å². The molecule has 3 rings (SSSR count). The van der Waals surface area contributed by atoms with Crippen LogP contribution >= 0.6 is 0 Å². The highest BCUT2D eigenvalue weighted by Gasteiger charge is 2.16. The Labute approximate surface area is 161 Å². The Kier molecular flexibility index (Phi) is 5.65. The molecule has 0 aliphatic rings. The first kappa shape index (κ1) is 19.8. The van der Waals surface area contributed by atoms with Gasteiger partial charge in [0.1, 0.15) is 11.6 Å². The van der Waals surface area contributed by atoms with Gasteiger partial charge >= 0.3 is 0 Å². The van der Waals surface area contributed by atoms with E-state index in [1.54, 1.807) is 31.5 Å². The monoisotopic (exact) mass is 388 g/mol. The first-order valence-electron chi connectivity index (χ1n) is 8.90. The van der Waals surface area contributed by atoms with Crippen LogP contribution in [-0.2, 0) is 7.05 Å². The van der Waals surface area contributed by atoms with Gasteiger partial charge in [-0.2, -0.15) is 0 Å². The second kappa shape index (κ2) is 7.98. The Balaban J connectivity index is 2.13. The molecule has 0 unspecified atom stereocenters. The van der Waals surface area contributed by atoms with Gasteiger partial charge in [-0.25, -0.2) is 8.78 Å². The zero-order chi connectivity index (χ0) is 20.4. The van der Waals surface area contributed by atoms with Gasteiger partial charge in [-0.05, 0) is 36.8 Å². The highest BCUT2D eigenvalue weighted by atomic mass is 19.1. The number of aromatic nitrogens is 1. The lowest BCUT2D eigenvalue weighted by Gasteiger charge is -2.16. The van der Waals surface area contributed by atoms with Crippen molar-refractivity contribution in [3.05, 3.63) is 63.9 Å². The van der Waals surface area contributed by atoms with E-state index in [0.29, 0.717) is 5.52 Å². The minimum absolute atomic E-state index is 0.0708. The van der Waals surface area contributed by atoms with E-state index in [4.69, 9.17) is 9.84 Å². The Hall–Kier alpha value is -2.93. The topological polar surface area (TPSA) is 63.5 Å². The molecule has 148 valence electrons. The summed E-state index contributed by atoms with van der Waals surface area (Å²) in [5, 5.41) is 12.2. The SMILES string of the molecule is Cc1ccc(Nc2cc(F)cc3c2c(=O)c(OC[C@H](C)CO)cn3C)c(F)c1. The third-order valence-corrected chi connectivity index (χ3v) is 4.45. The van der Waals surface area contributed by atoms with Crippen molar-refractivity contribution in [3.8, 4) is 5.75 Å². The molecule has 0 saturated carbocycles. The fraction of sp³-hybridized carbons (Fsp3) is 0.286. The number of anilines is 2. The van der Waals surface area contributed by atoms with Crippen molar-refractivity contribution in [1.82, 2.24) is 4.57 Å². The van der Waals surface area contributed by atoms with Crippen LogP contribution in [0.2, 0.25) is 0 Å². The van der Waals surface area contributed by atoms with E-state index in [1.807, 2.05) is 0 Å². The number of hydrogen-bond donors (Lipinski definition) is 2. The van der Waals surface area contributed by atoms with E-state index in [-0.39, 0.29) is 41.6 Å². The third-order valence-electron chi connectivity index (χ3n) is 4.45. The maximum absolute atomic E-state index is 14.3. The number of rotatable bonds is 6. The maximum atomic E-state index is 14.3. The highest BCUT2D eigenvalue weighted by molar-refractivity contribution is 5.94. The molecule has 1 atom stereocenters. The summed E-state index contributed by atoms with van der Waals surface area (Å²) in [7, 11) is 1.67. The summed E-state index contributed by atoms with van der Waals surface area (Å²) in [6.07, 6.45) is 1.48. The fourth-order valence-electron chi connectivity index (χ4n) is 2.89. The number of benzene rings is 2. The minimum Gasteiger partial charge on any atom is -0.488 e. The van der Waals surface area contributed by atoms with Crippen LogP contribution < -0.4 is 15.5 Å². The molecule has 0 aliphatic carbocycles. The van der Waals surface area contributed by atoms with Crippen LogP contribution in [0.4, 0.5) is 20.2 Å². The van der Waals surface area contributed by atoms with Gasteiger partial charge in [0.25, 0.3) is 0 Å². The maximum Gasteiger partial charge on any atom is 0.233 e. The van der Waals surface area contributed by atoms with E-state index >= 15 is 0 Å². The molecule has 1 heterocycles. The van der Waals surface area contributed by atoms with Crippen LogP contribution in [-0.4, -0.2) is 22.9 Å². The summed E-state index contributed by atoms with van der Waals surface area (Å²) in [5.41, 5.74) is 0.950. The number of ether oxygens (including phenoxy) is 1. The largest absolute Gasteiger partial charge is 0.488 e. The molecular formula is C21H22F2N2O3. The summed E-state index contributed by atoms with van der Waals surface area (Å²) >= 11 is 0. The van der Waals surface area contributed by atoms with Crippen molar-refractivity contribution in [2.45, 2.75) is 13.8 Å². The van der Waals surface area contributed by atoms with Crippen LogP contribution in [0.3, 0.4) is 0 Å². The second-order valence-electron chi connectivity index (χ2n) is 6.99. The first-order chi connectivity index (χ1) is 13.3. The molecule has 0 bridgehead atoms. The fourth-order valence-corrected chi connectivity index (χ4v) is 2.89. The number of fused-ring (bicyclic) bond motifs is 1. The van der Waals surface area contributed by atoms with E-state index in [1.165, 1.54) is 24.4 Å². The molecule has 1 aromatic heterocycles. The molecule has 3 aromatic rings. The van der Waals surface area contributed by atoms with E-state index in [9.17, 15) is 13.6 Å². The Bertz CT molecular complexity index is 1080. The molecule has 0 aliphatic heterocycles. The smallest absolute Gasteiger partial charge is 0.233 e. The van der Waals surface area contributed by atoms with Gasteiger partial charge in [-0.1, -0.05) is 13.0 Å². The Morgan fingerprint density at radius 1 is 1.21 bits per heavy atom. The molecule has 2 N–H and O–H groups in total. The third kappa shape index (κ3) is 3.99. The van der Waals surface area contributed by atoms with Crippen LogP contribution in [0.25, 0.3) is 10.9 Å². The average molecular weight is 388 g/mol. The van der Waals surface area contributed by atoms with E-state index in [2.05, 4.69) is 5.32 Å². The zero-order valence-electron chi connectivity index (χ0n) is 15.9. The first-order valence-corrected chi connectivity index (χ1v) is 8.90. The van der Waals surface area contributed by atoms with Gasteiger partial charge in [0.2, 0.25) is 5.43 Å². The number of aryl methyl sites for hydroxylation is 2. The van der Waals surface area contributed by atoms with E-state index < -0.39 is 17.1 Å². The number of halogens is 2. The molecule has 5 nitrogen and oxygen atoms in total. The summed E-state index contributed by atoms with van der Waals surface area (Å²) in [6.45, 7) is 3.64. The predicted molar refractivity (Wildman–Crippen MR) is 105 cm³/mol. The molecule has 0 radical (unpaired) electrons. The highest BCUT2D eigenvalue weighted by Crippen LogP contribution is 2.28. The van der Waals surface area contributed by atoms with Crippen molar-refractivity contribution in [2.75, 3.05) is 18.5 Å². The molecule has 28 heavy (non-hydrogen) atoms. The predicted octanol–water partition coefficient (Wildman–Crippen LogP) is 3.88. The molecule has 7 heteroatoms. The van der Waals surface area contributed by atoms with Crippen molar-refractivity contribution >= 4 is 22.3 Å². The lowest BCUT2D eigenvalue weighted by Crippen LogP contribution is -2.18. The van der Waals surface area contributed by atoms with Crippen LogP contribution in [0.5, 0.6) is 5.75 Å². The number of aliphatic hydroxyl groups is 1. The molecule has 0 saturated heterocycles. The van der Waals surface area contributed by atoms with E-state index in [0.717, 1.165) is 11.6 Å². The minimum atomic E-state index is -0.555. The van der Waals surface area contributed by atoms with Gasteiger partial charge in [0.15, 0.2) is 5.75 Å². The van der Waals surface area contributed by atoms with Gasteiger partial charge < -0.3 is 19.7 Å². The Morgan fingerprint density at radius 3 is 2.64 bits per heavy atom. The van der Waals surface area contributed by atoms with Gasteiger partial charge in [0.05, 0.1) is 35.1 Å². The van der Waals surface area contributed by atoms with Crippen LogP contribution in [0, 0.1) is 24.5 Å². The van der Waals surface area contributed by atoms with Gasteiger partial charge in [-0.3, -0.25) is 4.79 Å². The number of aliphatic hydroxyl groups excluding tert-OH is 1. The molecule has 0 spiro atoms. The van der Waals surface area contributed by atoms with Crippen molar-refractivity contribution in [2.24, 2.45) is 13.0 Å². The van der Waals surface area contributed by atoms with Crippen LogP contribution in [0.1, 0.15) is 12.5 Å². The zero-order valence-corrected chi connectivity index (χ0v) is 15.9. The average Bonchev–Trinajstić information content (AvgIpc) is 2.65. The van der Waals surface area contributed by atoms with Crippen molar-refractivity contribution < 1.29 is 18.6 Å².